The van der Waals surface area contributed by atoms with E-state index in [1.54, 1.807) is 0 Å². The summed E-state index contributed by atoms with van der Waals surface area (Å²) in [5, 5.41) is 13.8. The fourth-order valence-corrected chi connectivity index (χ4v) is 3.07. The number of carbonyl (C=O) groups excluding carboxylic acids is 1. The third kappa shape index (κ3) is 4.18. The van der Waals surface area contributed by atoms with E-state index in [-0.39, 0.29) is 17.0 Å². The van der Waals surface area contributed by atoms with E-state index >= 15 is 0 Å². The number of nitro benzene ring substituents is 1. The zero-order valence-corrected chi connectivity index (χ0v) is 14.6. The smallest absolute Gasteiger partial charge is 0.311 e. The Morgan fingerprint density at radius 1 is 1.19 bits per heavy atom. The van der Waals surface area contributed by atoms with Gasteiger partial charge in [-0.25, -0.2) is 0 Å². The van der Waals surface area contributed by atoms with Crippen LogP contribution in [0.1, 0.15) is 28.8 Å². The van der Waals surface area contributed by atoms with E-state index in [9.17, 15) is 14.9 Å². The maximum Gasteiger partial charge on any atom is 0.311 e. The van der Waals surface area contributed by atoms with Crippen LogP contribution >= 0.6 is 0 Å². The van der Waals surface area contributed by atoms with E-state index in [0.29, 0.717) is 5.69 Å². The molecule has 0 atom stereocenters. The fraction of sp³-hybridized carbons (Fsp3) is 0.316. The minimum absolute atomic E-state index is 0.123. The summed E-state index contributed by atoms with van der Waals surface area (Å²) >= 11 is 0. The number of ether oxygens (including phenoxy) is 1. The highest BCUT2D eigenvalue weighted by molar-refractivity contribution is 6.04. The number of anilines is 1. The van der Waals surface area contributed by atoms with Gasteiger partial charge in [0.2, 0.25) is 0 Å². The second kappa shape index (κ2) is 7.97. The van der Waals surface area contributed by atoms with E-state index in [4.69, 9.17) is 4.74 Å². The highest BCUT2D eigenvalue weighted by Gasteiger charge is 2.18. The minimum atomic E-state index is -0.567. The standard InChI is InChI=1S/C19H21N3O4/c1-26-18-9-6-15(12-17(18)22(24)25)19(23)20-16-7-4-14(5-8-16)13-21-10-2-3-11-21/h4-9,12H,2-3,10-11,13H2,1H3,(H,20,23). The van der Waals surface area contributed by atoms with E-state index in [2.05, 4.69) is 10.2 Å². The Bertz CT molecular complexity index is 799. The van der Waals surface area contributed by atoms with Crippen molar-refractivity contribution in [2.24, 2.45) is 0 Å². The molecule has 7 nitrogen and oxygen atoms in total. The van der Waals surface area contributed by atoms with Crippen molar-refractivity contribution >= 4 is 17.3 Å². The third-order valence-electron chi connectivity index (χ3n) is 4.45. The average molecular weight is 355 g/mol. The summed E-state index contributed by atoms with van der Waals surface area (Å²) in [6.45, 7) is 3.18. The minimum Gasteiger partial charge on any atom is -0.490 e. The first-order valence-corrected chi connectivity index (χ1v) is 8.52. The van der Waals surface area contributed by atoms with Crippen LogP contribution in [0.25, 0.3) is 0 Å². The van der Waals surface area contributed by atoms with Gasteiger partial charge in [0.15, 0.2) is 5.75 Å². The predicted octanol–water partition coefficient (Wildman–Crippen LogP) is 3.45. The first-order chi connectivity index (χ1) is 12.6. The zero-order chi connectivity index (χ0) is 18.5. The summed E-state index contributed by atoms with van der Waals surface area (Å²) in [5.74, 6) is -0.277. The summed E-state index contributed by atoms with van der Waals surface area (Å²) in [7, 11) is 1.35. The number of rotatable bonds is 6. The van der Waals surface area contributed by atoms with Crippen molar-refractivity contribution in [2.45, 2.75) is 19.4 Å². The molecule has 0 radical (unpaired) electrons. The molecule has 2 aromatic carbocycles. The Kier molecular flexibility index (Phi) is 5.48. The van der Waals surface area contributed by atoms with Crippen molar-refractivity contribution in [3.05, 3.63) is 63.7 Å². The Hall–Kier alpha value is -2.93. The largest absolute Gasteiger partial charge is 0.490 e. The van der Waals surface area contributed by atoms with Gasteiger partial charge in [0, 0.05) is 23.9 Å². The van der Waals surface area contributed by atoms with Gasteiger partial charge in [-0.2, -0.15) is 0 Å². The van der Waals surface area contributed by atoms with Gasteiger partial charge in [-0.3, -0.25) is 19.8 Å². The molecule has 1 fully saturated rings. The number of nitrogens with one attached hydrogen (secondary N) is 1. The molecular formula is C19H21N3O4. The van der Waals surface area contributed by atoms with Crippen molar-refractivity contribution in [1.29, 1.82) is 0 Å². The molecule has 0 spiro atoms. The molecule has 1 aliphatic rings. The van der Waals surface area contributed by atoms with Crippen LogP contribution < -0.4 is 10.1 Å². The summed E-state index contributed by atoms with van der Waals surface area (Å²) < 4.78 is 4.95. The van der Waals surface area contributed by atoms with Crippen molar-refractivity contribution in [2.75, 3.05) is 25.5 Å². The lowest BCUT2D eigenvalue weighted by Crippen LogP contribution is -2.18. The molecule has 0 bridgehead atoms. The zero-order valence-electron chi connectivity index (χ0n) is 14.6. The van der Waals surface area contributed by atoms with Crippen LogP contribution in [0.15, 0.2) is 42.5 Å². The molecule has 26 heavy (non-hydrogen) atoms. The van der Waals surface area contributed by atoms with Crippen LogP contribution in [0.4, 0.5) is 11.4 Å². The van der Waals surface area contributed by atoms with Crippen LogP contribution in [-0.2, 0) is 6.54 Å². The average Bonchev–Trinajstić information content (AvgIpc) is 3.15. The molecule has 0 aromatic heterocycles. The Morgan fingerprint density at radius 2 is 1.88 bits per heavy atom. The molecule has 0 saturated carbocycles. The molecule has 136 valence electrons. The maximum atomic E-state index is 12.4. The molecule has 0 aliphatic carbocycles. The highest BCUT2D eigenvalue weighted by atomic mass is 16.6. The van der Waals surface area contributed by atoms with Gasteiger partial charge in [-0.1, -0.05) is 12.1 Å². The highest BCUT2D eigenvalue weighted by Crippen LogP contribution is 2.28. The molecule has 0 unspecified atom stereocenters. The second-order valence-corrected chi connectivity index (χ2v) is 6.28. The number of hydrogen-bond acceptors (Lipinski definition) is 5. The third-order valence-corrected chi connectivity index (χ3v) is 4.45. The first kappa shape index (κ1) is 17.9. The van der Waals surface area contributed by atoms with Crippen LogP contribution in [0.3, 0.4) is 0 Å². The van der Waals surface area contributed by atoms with Crippen LogP contribution in [0.5, 0.6) is 5.75 Å². The fourth-order valence-electron chi connectivity index (χ4n) is 3.07. The van der Waals surface area contributed by atoms with E-state index in [1.807, 2.05) is 24.3 Å². The summed E-state index contributed by atoms with van der Waals surface area (Å²) in [4.78, 5) is 25.3. The second-order valence-electron chi connectivity index (χ2n) is 6.28. The lowest BCUT2D eigenvalue weighted by atomic mass is 10.1. The number of benzene rings is 2. The van der Waals surface area contributed by atoms with E-state index < -0.39 is 10.8 Å². The van der Waals surface area contributed by atoms with Gasteiger partial charge in [0.1, 0.15) is 0 Å². The number of likely N-dealkylation sites (tertiary alicyclic amines) is 1. The molecule has 2 aromatic rings. The summed E-state index contributed by atoms with van der Waals surface area (Å²) in [6, 6.07) is 11.8. The van der Waals surface area contributed by atoms with E-state index in [1.165, 1.54) is 43.7 Å². The number of nitrogens with zero attached hydrogens (tertiary/aromatic N) is 2. The van der Waals surface area contributed by atoms with Crippen LogP contribution in [0, 0.1) is 10.1 Å². The SMILES string of the molecule is COc1ccc(C(=O)Nc2ccc(CN3CCCC3)cc2)cc1[N+](=O)[O-]. The maximum absolute atomic E-state index is 12.4. The van der Waals surface area contributed by atoms with Crippen LogP contribution in [0.2, 0.25) is 0 Å². The van der Waals surface area contributed by atoms with Crippen molar-refractivity contribution in [3.63, 3.8) is 0 Å². The first-order valence-electron chi connectivity index (χ1n) is 8.52. The van der Waals surface area contributed by atoms with Gasteiger partial charge in [-0.15, -0.1) is 0 Å². The molecule has 1 N–H and O–H groups in total. The topological polar surface area (TPSA) is 84.7 Å². The Morgan fingerprint density at radius 3 is 2.50 bits per heavy atom. The lowest BCUT2D eigenvalue weighted by Gasteiger charge is -2.14. The predicted molar refractivity (Wildman–Crippen MR) is 98.6 cm³/mol. The Balaban J connectivity index is 1.67. The van der Waals surface area contributed by atoms with E-state index in [0.717, 1.165) is 19.6 Å². The van der Waals surface area contributed by atoms with Gasteiger partial charge in [0.05, 0.1) is 12.0 Å². The van der Waals surface area contributed by atoms with Gasteiger partial charge in [0.25, 0.3) is 5.91 Å². The Labute approximate surface area is 151 Å². The lowest BCUT2D eigenvalue weighted by molar-refractivity contribution is -0.385. The van der Waals surface area contributed by atoms with Crippen molar-refractivity contribution in [3.8, 4) is 5.75 Å². The summed E-state index contributed by atoms with van der Waals surface area (Å²) in [5.41, 5.74) is 1.82. The number of nitro groups is 1. The van der Waals surface area contributed by atoms with Crippen molar-refractivity contribution < 1.29 is 14.5 Å². The van der Waals surface area contributed by atoms with Crippen molar-refractivity contribution in [1.82, 2.24) is 4.90 Å². The summed E-state index contributed by atoms with van der Waals surface area (Å²) in [6.07, 6.45) is 2.50. The molecule has 1 heterocycles. The van der Waals surface area contributed by atoms with Gasteiger partial charge >= 0.3 is 5.69 Å². The molecule has 1 amide bonds. The monoisotopic (exact) mass is 355 g/mol. The number of methoxy groups -OCH3 is 1. The van der Waals surface area contributed by atoms with Gasteiger partial charge < -0.3 is 10.1 Å². The molecule has 1 saturated heterocycles. The molecule has 1 aliphatic heterocycles. The van der Waals surface area contributed by atoms with Crippen LogP contribution in [-0.4, -0.2) is 35.9 Å². The molecular weight excluding hydrogens is 334 g/mol. The number of carbonyl (C=O) groups is 1. The quantitative estimate of drug-likeness (QED) is 0.634. The molecule has 7 heteroatoms. The van der Waals surface area contributed by atoms with Gasteiger partial charge in [-0.05, 0) is 55.8 Å². The normalized spacial score (nSPS) is 14.2. The number of amides is 1. The number of hydrogen-bond donors (Lipinski definition) is 1. The molecule has 3 rings (SSSR count).